The van der Waals surface area contributed by atoms with Crippen molar-refractivity contribution in [3.63, 3.8) is 0 Å². The van der Waals surface area contributed by atoms with Crippen LogP contribution in [0.5, 0.6) is 0 Å². The Balaban J connectivity index is 1.65. The van der Waals surface area contributed by atoms with Gasteiger partial charge in [-0.3, -0.25) is 14.5 Å². The van der Waals surface area contributed by atoms with Crippen molar-refractivity contribution in [2.75, 3.05) is 0 Å². The molecule has 0 spiro atoms. The van der Waals surface area contributed by atoms with Gasteiger partial charge in [-0.25, -0.2) is 4.98 Å². The van der Waals surface area contributed by atoms with Crippen molar-refractivity contribution < 1.29 is 9.59 Å². The van der Waals surface area contributed by atoms with Crippen molar-refractivity contribution in [3.8, 4) is 0 Å². The van der Waals surface area contributed by atoms with Crippen LogP contribution in [0.25, 0.3) is 0 Å². The molecule has 4 nitrogen and oxygen atoms in total. The van der Waals surface area contributed by atoms with Crippen molar-refractivity contribution in [2.24, 2.45) is 23.7 Å². The van der Waals surface area contributed by atoms with Gasteiger partial charge in [-0.15, -0.1) is 11.3 Å². The van der Waals surface area contributed by atoms with Gasteiger partial charge < -0.3 is 0 Å². The third-order valence-corrected chi connectivity index (χ3v) is 6.21. The molecule has 4 unspecified atom stereocenters. The summed E-state index contributed by atoms with van der Waals surface area (Å²) in [5.41, 5.74) is 0.939. The Morgan fingerprint density at radius 1 is 1.14 bits per heavy atom. The van der Waals surface area contributed by atoms with Crippen molar-refractivity contribution in [3.05, 3.63) is 27.7 Å². The van der Waals surface area contributed by atoms with Crippen molar-refractivity contribution in [1.82, 2.24) is 9.88 Å². The number of likely N-dealkylation sites (tertiary alicyclic amines) is 1. The number of nitrogens with zero attached hydrogens (tertiary/aromatic N) is 2. The Bertz CT molecular complexity index is 631. The van der Waals surface area contributed by atoms with Gasteiger partial charge in [0.05, 0.1) is 29.1 Å². The highest BCUT2D eigenvalue weighted by molar-refractivity contribution is 7.11. The number of thiazole rings is 1. The van der Waals surface area contributed by atoms with Crippen LogP contribution < -0.4 is 0 Å². The summed E-state index contributed by atoms with van der Waals surface area (Å²) in [5.74, 6) is 0.409. The quantitative estimate of drug-likeness (QED) is 0.623. The van der Waals surface area contributed by atoms with Crippen LogP contribution in [0.15, 0.2) is 12.2 Å². The molecule has 110 valence electrons. The molecule has 0 radical (unpaired) electrons. The Hall–Kier alpha value is -1.49. The first-order valence-corrected chi connectivity index (χ1v) is 8.34. The number of allylic oxidation sites excluding steroid dienone is 2. The topological polar surface area (TPSA) is 50.3 Å². The molecule has 2 heterocycles. The summed E-state index contributed by atoms with van der Waals surface area (Å²) in [6.45, 7) is 4.31. The number of carbonyl (C=O) groups is 2. The Labute approximate surface area is 127 Å². The number of aromatic nitrogens is 1. The fourth-order valence-corrected chi connectivity index (χ4v) is 5.08. The summed E-state index contributed by atoms with van der Waals surface area (Å²) in [6.07, 6.45) is 6.42. The van der Waals surface area contributed by atoms with Gasteiger partial charge in [0.2, 0.25) is 11.8 Å². The predicted octanol–water partition coefficient (Wildman–Crippen LogP) is 2.46. The van der Waals surface area contributed by atoms with E-state index in [0.29, 0.717) is 6.54 Å². The molecule has 1 aliphatic heterocycles. The highest BCUT2D eigenvalue weighted by Gasteiger charge is 2.56. The second-order valence-electron chi connectivity index (χ2n) is 6.35. The van der Waals surface area contributed by atoms with Crippen LogP contribution in [0.2, 0.25) is 0 Å². The van der Waals surface area contributed by atoms with Crippen molar-refractivity contribution in [2.45, 2.75) is 33.2 Å². The maximum Gasteiger partial charge on any atom is 0.234 e. The first kappa shape index (κ1) is 13.2. The lowest BCUT2D eigenvalue weighted by molar-refractivity contribution is -0.140. The number of hydrogen-bond donors (Lipinski definition) is 0. The molecule has 0 aromatic carbocycles. The fraction of sp³-hybridized carbons (Fsp3) is 0.562. The molecule has 1 saturated carbocycles. The van der Waals surface area contributed by atoms with Gasteiger partial charge in [0, 0.05) is 4.88 Å². The highest BCUT2D eigenvalue weighted by atomic mass is 32.1. The predicted molar refractivity (Wildman–Crippen MR) is 79.5 cm³/mol. The SMILES string of the molecule is Cc1nc(C)c(CN2C(=O)C3C4C=CC(CC4)C3C2=O)s1. The Morgan fingerprint density at radius 3 is 2.14 bits per heavy atom. The largest absolute Gasteiger partial charge is 0.277 e. The van der Waals surface area contributed by atoms with Crippen molar-refractivity contribution in [1.29, 1.82) is 0 Å². The lowest BCUT2D eigenvalue weighted by Crippen LogP contribution is -2.38. The summed E-state index contributed by atoms with van der Waals surface area (Å²) in [4.78, 5) is 32.4. The van der Waals surface area contributed by atoms with Gasteiger partial charge in [0.1, 0.15) is 0 Å². The normalized spacial score (nSPS) is 33.9. The van der Waals surface area contributed by atoms with Crippen LogP contribution >= 0.6 is 11.3 Å². The van der Waals surface area contributed by atoms with E-state index in [9.17, 15) is 9.59 Å². The molecule has 3 aliphatic carbocycles. The molecule has 1 saturated heterocycles. The first-order chi connectivity index (χ1) is 10.1. The molecule has 21 heavy (non-hydrogen) atoms. The maximum absolute atomic E-state index is 12.7. The summed E-state index contributed by atoms with van der Waals surface area (Å²) >= 11 is 1.58. The molecular weight excluding hydrogens is 284 g/mol. The number of carbonyl (C=O) groups excluding carboxylic acids is 2. The minimum Gasteiger partial charge on any atom is -0.277 e. The zero-order valence-corrected chi connectivity index (χ0v) is 13.0. The number of imide groups is 1. The van der Waals surface area contributed by atoms with E-state index in [0.717, 1.165) is 28.4 Å². The monoisotopic (exact) mass is 302 g/mol. The standard InChI is InChI=1S/C16H18N2O2S/c1-8-12(21-9(2)17-8)7-18-15(19)13-10-3-4-11(6-5-10)14(13)16(18)20/h3-4,10-11,13-14H,5-7H2,1-2H3. The molecule has 4 aliphatic rings. The van der Waals surface area contributed by atoms with Gasteiger partial charge in [-0.1, -0.05) is 12.2 Å². The minimum atomic E-state index is -0.101. The number of fused-ring (bicyclic) bond motifs is 1. The Morgan fingerprint density at radius 2 is 1.71 bits per heavy atom. The fourth-order valence-electron chi connectivity index (χ4n) is 4.16. The lowest BCUT2D eigenvalue weighted by Gasteiger charge is -2.38. The van der Waals surface area contributed by atoms with E-state index in [4.69, 9.17) is 0 Å². The molecule has 2 amide bonds. The van der Waals surface area contributed by atoms with Crippen molar-refractivity contribution >= 4 is 23.2 Å². The van der Waals surface area contributed by atoms with Crippen LogP contribution in [0.3, 0.4) is 0 Å². The first-order valence-electron chi connectivity index (χ1n) is 7.52. The van der Waals surface area contributed by atoms with E-state index in [1.54, 1.807) is 11.3 Å². The molecule has 5 heteroatoms. The zero-order valence-electron chi connectivity index (χ0n) is 12.2. The van der Waals surface area contributed by atoms with E-state index in [1.807, 2.05) is 13.8 Å². The molecule has 1 aromatic heterocycles. The average Bonchev–Trinajstić information content (AvgIpc) is 2.93. The maximum atomic E-state index is 12.7. The number of amides is 2. The zero-order chi connectivity index (χ0) is 14.7. The summed E-state index contributed by atoms with van der Waals surface area (Å²) < 4.78 is 0. The molecule has 0 N–H and O–H groups in total. The van der Waals surface area contributed by atoms with E-state index in [2.05, 4.69) is 17.1 Å². The van der Waals surface area contributed by atoms with E-state index >= 15 is 0 Å². The molecule has 4 atom stereocenters. The molecule has 2 bridgehead atoms. The van der Waals surface area contributed by atoms with Crippen LogP contribution in [0.4, 0.5) is 0 Å². The number of aryl methyl sites for hydroxylation is 2. The van der Waals surface area contributed by atoms with Gasteiger partial charge in [0.15, 0.2) is 0 Å². The van der Waals surface area contributed by atoms with Crippen LogP contribution in [-0.2, 0) is 16.1 Å². The average molecular weight is 302 g/mol. The highest BCUT2D eigenvalue weighted by Crippen LogP contribution is 2.49. The Kier molecular flexibility index (Phi) is 2.83. The smallest absolute Gasteiger partial charge is 0.234 e. The van der Waals surface area contributed by atoms with Gasteiger partial charge in [-0.05, 0) is 38.5 Å². The number of hydrogen-bond acceptors (Lipinski definition) is 4. The summed E-state index contributed by atoms with van der Waals surface area (Å²) in [6, 6.07) is 0. The lowest BCUT2D eigenvalue weighted by atomic mass is 9.63. The molecule has 1 aromatic rings. The second-order valence-corrected chi connectivity index (χ2v) is 7.63. The van der Waals surface area contributed by atoms with Crippen LogP contribution in [0.1, 0.15) is 28.4 Å². The second kappa shape index (κ2) is 4.50. The van der Waals surface area contributed by atoms with Crippen LogP contribution in [0, 0.1) is 37.5 Å². The van der Waals surface area contributed by atoms with Gasteiger partial charge >= 0.3 is 0 Å². The molecule has 2 fully saturated rings. The van der Waals surface area contributed by atoms with E-state index in [1.165, 1.54) is 4.90 Å². The summed E-state index contributed by atoms with van der Waals surface area (Å²) in [5, 5.41) is 0.987. The molecule has 5 rings (SSSR count). The van der Waals surface area contributed by atoms with E-state index < -0.39 is 0 Å². The van der Waals surface area contributed by atoms with Gasteiger partial charge in [-0.2, -0.15) is 0 Å². The summed E-state index contributed by atoms with van der Waals surface area (Å²) in [7, 11) is 0. The third-order valence-electron chi connectivity index (χ3n) is 5.15. The van der Waals surface area contributed by atoms with Crippen LogP contribution in [-0.4, -0.2) is 21.7 Å². The third kappa shape index (κ3) is 1.83. The molecular formula is C16H18N2O2S. The van der Waals surface area contributed by atoms with Gasteiger partial charge in [0.25, 0.3) is 0 Å². The minimum absolute atomic E-state index is 0.0366. The number of rotatable bonds is 2. The van der Waals surface area contributed by atoms with E-state index in [-0.39, 0.29) is 35.5 Å².